The summed E-state index contributed by atoms with van der Waals surface area (Å²) in [6, 6.07) is 12.3. The number of nitrogens with one attached hydrogen (secondary N) is 1. The van der Waals surface area contributed by atoms with Crippen LogP contribution in [-0.4, -0.2) is 19.6 Å². The molecule has 3 aromatic rings. The Morgan fingerprint density at radius 2 is 1.95 bits per heavy atom. The number of aryl methyl sites for hydroxylation is 1. The van der Waals surface area contributed by atoms with Crippen molar-refractivity contribution in [2.75, 3.05) is 5.32 Å². The number of hydrogen-bond donors (Lipinski definition) is 1. The van der Waals surface area contributed by atoms with Crippen molar-refractivity contribution < 1.29 is 0 Å². The first-order chi connectivity index (χ1) is 9.81. The Morgan fingerprint density at radius 3 is 2.70 bits per heavy atom. The van der Waals surface area contributed by atoms with Gasteiger partial charge in [0.25, 0.3) is 0 Å². The molecule has 0 spiro atoms. The normalized spacial score (nSPS) is 10.7. The van der Waals surface area contributed by atoms with E-state index in [4.69, 9.17) is 0 Å². The molecule has 0 saturated heterocycles. The van der Waals surface area contributed by atoms with E-state index >= 15 is 0 Å². The van der Waals surface area contributed by atoms with Gasteiger partial charge in [0, 0.05) is 19.4 Å². The van der Waals surface area contributed by atoms with Crippen LogP contribution in [0.3, 0.4) is 0 Å². The summed E-state index contributed by atoms with van der Waals surface area (Å²) in [5, 5.41) is 11.9. The largest absolute Gasteiger partial charge is 0.377 e. The third-order valence-corrected chi connectivity index (χ3v) is 3.22. The highest BCUT2D eigenvalue weighted by molar-refractivity contribution is 5.38. The average molecular weight is 267 g/mol. The van der Waals surface area contributed by atoms with Gasteiger partial charge in [0.1, 0.15) is 0 Å². The molecule has 0 saturated carbocycles. The van der Waals surface area contributed by atoms with Crippen LogP contribution in [-0.2, 0) is 20.1 Å². The van der Waals surface area contributed by atoms with E-state index in [2.05, 4.69) is 27.6 Å². The van der Waals surface area contributed by atoms with Crippen LogP contribution in [0, 0.1) is 0 Å². The maximum Gasteiger partial charge on any atom is 0.0729 e. The quantitative estimate of drug-likeness (QED) is 0.771. The molecule has 0 radical (unpaired) electrons. The van der Waals surface area contributed by atoms with Crippen LogP contribution in [0.5, 0.6) is 0 Å². The Kier molecular flexibility index (Phi) is 3.50. The van der Waals surface area contributed by atoms with Crippen molar-refractivity contribution in [1.82, 2.24) is 19.6 Å². The second-order valence-electron chi connectivity index (χ2n) is 4.71. The summed E-state index contributed by atoms with van der Waals surface area (Å²) >= 11 is 0. The molecule has 0 amide bonds. The second kappa shape index (κ2) is 5.61. The monoisotopic (exact) mass is 267 g/mol. The van der Waals surface area contributed by atoms with Crippen molar-refractivity contribution in [3.05, 3.63) is 66.2 Å². The van der Waals surface area contributed by atoms with Gasteiger partial charge in [-0.25, -0.2) is 0 Å². The first-order valence-electron chi connectivity index (χ1n) is 6.58. The highest BCUT2D eigenvalue weighted by atomic mass is 15.3. The third kappa shape index (κ3) is 2.88. The number of nitrogens with zero attached hydrogens (tertiary/aromatic N) is 4. The molecule has 0 bridgehead atoms. The molecular weight excluding hydrogens is 250 g/mol. The number of rotatable bonds is 5. The lowest BCUT2D eigenvalue weighted by molar-refractivity contribution is 0.687. The van der Waals surface area contributed by atoms with E-state index < -0.39 is 0 Å². The Hall–Kier alpha value is -2.56. The maximum atomic E-state index is 4.37. The van der Waals surface area contributed by atoms with Crippen LogP contribution in [0.2, 0.25) is 0 Å². The van der Waals surface area contributed by atoms with Gasteiger partial charge < -0.3 is 5.32 Å². The Morgan fingerprint density at radius 1 is 1.10 bits per heavy atom. The van der Waals surface area contributed by atoms with E-state index in [1.54, 1.807) is 6.20 Å². The molecule has 1 N–H and O–H groups in total. The maximum absolute atomic E-state index is 4.37. The van der Waals surface area contributed by atoms with Crippen LogP contribution < -0.4 is 5.32 Å². The number of benzene rings is 1. The molecule has 0 aliphatic heterocycles. The number of hydrogen-bond acceptors (Lipinski definition) is 3. The minimum absolute atomic E-state index is 0.744. The number of anilines is 1. The van der Waals surface area contributed by atoms with Gasteiger partial charge in [0.05, 0.1) is 30.7 Å². The van der Waals surface area contributed by atoms with Crippen LogP contribution in [0.4, 0.5) is 5.69 Å². The first kappa shape index (κ1) is 12.5. The standard InChI is InChI=1S/C15H17N5/c1-19-15(7-8-17-19)10-16-14-9-18-20(12-14)11-13-5-3-2-4-6-13/h2-9,12,16H,10-11H2,1H3. The van der Waals surface area contributed by atoms with Crippen molar-refractivity contribution in [3.63, 3.8) is 0 Å². The second-order valence-corrected chi connectivity index (χ2v) is 4.71. The lowest BCUT2D eigenvalue weighted by Gasteiger charge is -2.04. The van der Waals surface area contributed by atoms with Crippen LogP contribution in [0.1, 0.15) is 11.3 Å². The Bertz CT molecular complexity index is 668. The summed E-state index contributed by atoms with van der Waals surface area (Å²) < 4.78 is 3.79. The van der Waals surface area contributed by atoms with Gasteiger partial charge in [0.2, 0.25) is 0 Å². The van der Waals surface area contributed by atoms with E-state index in [9.17, 15) is 0 Å². The van der Waals surface area contributed by atoms with Gasteiger partial charge in [-0.05, 0) is 11.6 Å². The Labute approximate surface area is 117 Å². The van der Waals surface area contributed by atoms with E-state index in [0.717, 1.165) is 24.5 Å². The number of aromatic nitrogens is 4. The van der Waals surface area contributed by atoms with Crippen molar-refractivity contribution >= 4 is 5.69 Å². The van der Waals surface area contributed by atoms with E-state index in [0.29, 0.717) is 0 Å². The molecule has 102 valence electrons. The molecule has 20 heavy (non-hydrogen) atoms. The molecular formula is C15H17N5. The summed E-state index contributed by atoms with van der Waals surface area (Å²) in [5.74, 6) is 0. The van der Waals surface area contributed by atoms with E-state index in [-0.39, 0.29) is 0 Å². The minimum Gasteiger partial charge on any atom is -0.377 e. The van der Waals surface area contributed by atoms with Crippen LogP contribution in [0.15, 0.2) is 55.0 Å². The smallest absolute Gasteiger partial charge is 0.0729 e. The summed E-state index contributed by atoms with van der Waals surface area (Å²) in [7, 11) is 1.94. The zero-order chi connectivity index (χ0) is 13.8. The van der Waals surface area contributed by atoms with Gasteiger partial charge in [-0.1, -0.05) is 30.3 Å². The molecule has 2 aromatic heterocycles. The van der Waals surface area contributed by atoms with E-state index in [1.165, 1.54) is 5.56 Å². The molecule has 0 aliphatic rings. The van der Waals surface area contributed by atoms with Crippen LogP contribution >= 0.6 is 0 Å². The van der Waals surface area contributed by atoms with Crippen molar-refractivity contribution in [3.8, 4) is 0 Å². The highest BCUT2D eigenvalue weighted by Gasteiger charge is 2.01. The fourth-order valence-corrected chi connectivity index (χ4v) is 2.08. The third-order valence-electron chi connectivity index (χ3n) is 3.22. The predicted octanol–water partition coefficient (Wildman–Crippen LogP) is 2.28. The van der Waals surface area contributed by atoms with Gasteiger partial charge >= 0.3 is 0 Å². The lowest BCUT2D eigenvalue weighted by atomic mass is 10.2. The van der Waals surface area contributed by atoms with Crippen LogP contribution in [0.25, 0.3) is 0 Å². The van der Waals surface area contributed by atoms with Crippen molar-refractivity contribution in [2.45, 2.75) is 13.1 Å². The molecule has 0 fully saturated rings. The van der Waals surface area contributed by atoms with Crippen molar-refractivity contribution in [2.24, 2.45) is 7.05 Å². The zero-order valence-electron chi connectivity index (χ0n) is 11.4. The van der Waals surface area contributed by atoms with Gasteiger partial charge in [-0.2, -0.15) is 10.2 Å². The summed E-state index contributed by atoms with van der Waals surface area (Å²) in [5.41, 5.74) is 3.40. The fraction of sp³-hybridized carbons (Fsp3) is 0.200. The highest BCUT2D eigenvalue weighted by Crippen LogP contribution is 2.09. The summed E-state index contributed by atoms with van der Waals surface area (Å²) in [4.78, 5) is 0. The average Bonchev–Trinajstić information content (AvgIpc) is 3.07. The molecule has 1 aromatic carbocycles. The SMILES string of the molecule is Cn1nccc1CNc1cnn(Cc2ccccc2)c1. The summed E-state index contributed by atoms with van der Waals surface area (Å²) in [6.07, 6.45) is 5.67. The summed E-state index contributed by atoms with van der Waals surface area (Å²) in [6.45, 7) is 1.53. The lowest BCUT2D eigenvalue weighted by Crippen LogP contribution is -2.05. The molecule has 2 heterocycles. The minimum atomic E-state index is 0.744. The topological polar surface area (TPSA) is 47.7 Å². The molecule has 5 heteroatoms. The zero-order valence-corrected chi connectivity index (χ0v) is 11.4. The van der Waals surface area contributed by atoms with Gasteiger partial charge in [-0.15, -0.1) is 0 Å². The predicted molar refractivity (Wildman–Crippen MR) is 78.3 cm³/mol. The van der Waals surface area contributed by atoms with E-state index in [1.807, 2.05) is 53.1 Å². The molecule has 0 aliphatic carbocycles. The molecule has 0 unspecified atom stereocenters. The first-order valence-corrected chi connectivity index (χ1v) is 6.58. The molecule has 3 rings (SSSR count). The van der Waals surface area contributed by atoms with Gasteiger partial charge in [-0.3, -0.25) is 9.36 Å². The Balaban J connectivity index is 1.61. The molecule has 5 nitrogen and oxygen atoms in total. The van der Waals surface area contributed by atoms with Crippen molar-refractivity contribution in [1.29, 1.82) is 0 Å². The van der Waals surface area contributed by atoms with Gasteiger partial charge in [0.15, 0.2) is 0 Å². The molecule has 0 atom stereocenters. The fourth-order valence-electron chi connectivity index (χ4n) is 2.08.